The molecule has 3 nitrogen and oxygen atoms in total. The van der Waals surface area contributed by atoms with Crippen LogP contribution < -0.4 is 5.73 Å². The molecule has 2 N–H and O–H groups in total. The van der Waals surface area contributed by atoms with Crippen LogP contribution in [0.4, 0.5) is 0 Å². The Bertz CT molecular complexity index is 324. The molecule has 3 atom stereocenters. The molecule has 4 heteroatoms. The van der Waals surface area contributed by atoms with Crippen LogP contribution in [-0.4, -0.2) is 25.5 Å². The van der Waals surface area contributed by atoms with Gasteiger partial charge in [0.1, 0.15) is 0 Å². The third kappa shape index (κ3) is 4.25. The van der Waals surface area contributed by atoms with Gasteiger partial charge in [-0.15, -0.1) is 0 Å². The molecular formula is C13H27NO2S. The van der Waals surface area contributed by atoms with Crippen LogP contribution in [0.3, 0.4) is 0 Å². The second-order valence-corrected chi connectivity index (χ2v) is 8.16. The molecule has 0 aromatic heterocycles. The molecule has 102 valence electrons. The minimum absolute atomic E-state index is 0.146. The van der Waals surface area contributed by atoms with E-state index in [4.69, 9.17) is 5.73 Å². The van der Waals surface area contributed by atoms with Crippen LogP contribution in [-0.2, 0) is 9.84 Å². The molecule has 1 aliphatic rings. The lowest BCUT2D eigenvalue weighted by Gasteiger charge is -2.34. The summed E-state index contributed by atoms with van der Waals surface area (Å²) in [6, 6.07) is -0.146. The van der Waals surface area contributed by atoms with E-state index in [9.17, 15) is 8.42 Å². The maximum Gasteiger partial charge on any atom is 0.154 e. The molecule has 0 aromatic rings. The first-order valence-electron chi connectivity index (χ1n) is 6.84. The predicted molar refractivity (Wildman–Crippen MR) is 72.6 cm³/mol. The first-order chi connectivity index (χ1) is 7.86. The van der Waals surface area contributed by atoms with E-state index >= 15 is 0 Å². The van der Waals surface area contributed by atoms with Gasteiger partial charge in [0.25, 0.3) is 0 Å². The van der Waals surface area contributed by atoms with E-state index in [1.165, 1.54) is 0 Å². The third-order valence-electron chi connectivity index (χ3n) is 3.68. The largest absolute Gasteiger partial charge is 0.327 e. The second kappa shape index (κ2) is 6.19. The highest BCUT2D eigenvalue weighted by Gasteiger charge is 2.36. The summed E-state index contributed by atoms with van der Waals surface area (Å²) >= 11 is 0. The van der Waals surface area contributed by atoms with Crippen molar-refractivity contribution < 1.29 is 8.42 Å². The Balaban J connectivity index is 2.72. The summed E-state index contributed by atoms with van der Waals surface area (Å²) < 4.78 is 24.6. The summed E-state index contributed by atoms with van der Waals surface area (Å²) in [5.41, 5.74) is 6.02. The van der Waals surface area contributed by atoms with Crippen molar-refractivity contribution in [3.05, 3.63) is 0 Å². The van der Waals surface area contributed by atoms with Crippen molar-refractivity contribution in [1.82, 2.24) is 0 Å². The van der Waals surface area contributed by atoms with Crippen LogP contribution in [0.25, 0.3) is 0 Å². The molecule has 0 aliphatic heterocycles. The minimum atomic E-state index is -3.01. The van der Waals surface area contributed by atoms with Gasteiger partial charge in [0.15, 0.2) is 9.84 Å². The maximum absolute atomic E-state index is 12.3. The van der Waals surface area contributed by atoms with Crippen LogP contribution >= 0.6 is 0 Å². The number of sulfone groups is 1. The zero-order valence-corrected chi connectivity index (χ0v) is 12.2. The van der Waals surface area contributed by atoms with E-state index in [2.05, 4.69) is 6.92 Å². The van der Waals surface area contributed by atoms with Gasteiger partial charge in [0.2, 0.25) is 0 Å². The summed E-state index contributed by atoms with van der Waals surface area (Å²) in [6.45, 7) is 6.07. The maximum atomic E-state index is 12.3. The highest BCUT2D eigenvalue weighted by atomic mass is 32.2. The van der Waals surface area contributed by atoms with Crippen molar-refractivity contribution >= 4 is 9.84 Å². The lowest BCUT2D eigenvalue weighted by atomic mass is 9.83. The van der Waals surface area contributed by atoms with Gasteiger partial charge in [-0.1, -0.05) is 33.6 Å². The van der Waals surface area contributed by atoms with E-state index in [1.807, 2.05) is 13.8 Å². The van der Waals surface area contributed by atoms with E-state index in [0.29, 0.717) is 5.92 Å². The second-order valence-electron chi connectivity index (χ2n) is 5.89. The van der Waals surface area contributed by atoms with Gasteiger partial charge < -0.3 is 5.73 Å². The molecule has 0 amide bonds. The van der Waals surface area contributed by atoms with E-state index in [0.717, 1.165) is 32.1 Å². The monoisotopic (exact) mass is 261 g/mol. The van der Waals surface area contributed by atoms with Crippen molar-refractivity contribution in [2.45, 2.75) is 64.2 Å². The lowest BCUT2D eigenvalue weighted by Crippen LogP contribution is -2.46. The number of nitrogens with two attached hydrogens (primary N) is 1. The Morgan fingerprint density at radius 1 is 1.29 bits per heavy atom. The normalized spacial score (nSPS) is 30.8. The fourth-order valence-corrected chi connectivity index (χ4v) is 5.32. The molecule has 0 bridgehead atoms. The molecule has 17 heavy (non-hydrogen) atoms. The standard InChI is InChI=1S/C13H27NO2S/c1-4-5-11-6-7-12(14)13(8-11)17(15,16)9-10(2)3/h10-13H,4-9,14H2,1-3H3. The van der Waals surface area contributed by atoms with Gasteiger partial charge in [0.05, 0.1) is 11.0 Å². The first-order valence-corrected chi connectivity index (χ1v) is 8.55. The Morgan fingerprint density at radius 3 is 2.47 bits per heavy atom. The van der Waals surface area contributed by atoms with E-state index in [1.54, 1.807) is 0 Å². The van der Waals surface area contributed by atoms with Crippen molar-refractivity contribution in [3.8, 4) is 0 Å². The van der Waals surface area contributed by atoms with E-state index in [-0.39, 0.29) is 23.0 Å². The van der Waals surface area contributed by atoms with Crippen molar-refractivity contribution in [2.75, 3.05) is 5.75 Å². The SMILES string of the molecule is CCCC1CCC(N)C(S(=O)(=O)CC(C)C)C1. The highest BCUT2D eigenvalue weighted by Crippen LogP contribution is 2.31. The Kier molecular flexibility index (Phi) is 5.45. The summed E-state index contributed by atoms with van der Waals surface area (Å²) in [4.78, 5) is 0. The zero-order valence-electron chi connectivity index (χ0n) is 11.4. The average Bonchev–Trinajstić information content (AvgIpc) is 2.19. The summed E-state index contributed by atoms with van der Waals surface area (Å²) in [5.74, 6) is 1.04. The van der Waals surface area contributed by atoms with Crippen molar-refractivity contribution in [2.24, 2.45) is 17.6 Å². The lowest BCUT2D eigenvalue weighted by molar-refractivity contribution is 0.308. The number of hydrogen-bond acceptors (Lipinski definition) is 3. The van der Waals surface area contributed by atoms with E-state index < -0.39 is 9.84 Å². The zero-order chi connectivity index (χ0) is 13.1. The molecule has 1 saturated carbocycles. The third-order valence-corrected chi connectivity index (χ3v) is 6.27. The van der Waals surface area contributed by atoms with Crippen LogP contribution in [0.15, 0.2) is 0 Å². The summed E-state index contributed by atoms with van der Waals surface area (Å²) in [5, 5.41) is -0.296. The van der Waals surface area contributed by atoms with Gasteiger partial charge in [0, 0.05) is 6.04 Å². The fraction of sp³-hybridized carbons (Fsp3) is 1.00. The molecule has 0 radical (unpaired) electrons. The van der Waals surface area contributed by atoms with Gasteiger partial charge in [-0.05, 0) is 31.1 Å². The summed E-state index contributed by atoms with van der Waals surface area (Å²) in [7, 11) is -3.01. The first kappa shape index (κ1) is 15.0. The van der Waals surface area contributed by atoms with Crippen LogP contribution in [0.2, 0.25) is 0 Å². The summed E-state index contributed by atoms with van der Waals surface area (Å²) in [6.07, 6.45) is 5.02. The molecule has 0 spiro atoms. The quantitative estimate of drug-likeness (QED) is 0.826. The highest BCUT2D eigenvalue weighted by molar-refractivity contribution is 7.92. The molecule has 0 aromatic carbocycles. The van der Waals surface area contributed by atoms with Gasteiger partial charge in [-0.3, -0.25) is 0 Å². The topological polar surface area (TPSA) is 60.2 Å². The van der Waals surface area contributed by atoms with Crippen LogP contribution in [0.1, 0.15) is 52.9 Å². The molecule has 3 unspecified atom stereocenters. The molecule has 1 fully saturated rings. The van der Waals surface area contributed by atoms with Gasteiger partial charge >= 0.3 is 0 Å². The van der Waals surface area contributed by atoms with Gasteiger partial charge in [-0.2, -0.15) is 0 Å². The molecule has 1 rings (SSSR count). The Hall–Kier alpha value is -0.0900. The van der Waals surface area contributed by atoms with Gasteiger partial charge in [-0.25, -0.2) is 8.42 Å². The minimum Gasteiger partial charge on any atom is -0.327 e. The number of hydrogen-bond donors (Lipinski definition) is 1. The smallest absolute Gasteiger partial charge is 0.154 e. The molecule has 0 saturated heterocycles. The van der Waals surface area contributed by atoms with Crippen molar-refractivity contribution in [3.63, 3.8) is 0 Å². The molecular weight excluding hydrogens is 234 g/mol. The molecule has 0 heterocycles. The fourth-order valence-electron chi connectivity index (χ4n) is 2.91. The van der Waals surface area contributed by atoms with Crippen LogP contribution in [0, 0.1) is 11.8 Å². The Morgan fingerprint density at radius 2 is 1.94 bits per heavy atom. The van der Waals surface area contributed by atoms with Crippen LogP contribution in [0.5, 0.6) is 0 Å². The van der Waals surface area contributed by atoms with Crippen molar-refractivity contribution in [1.29, 1.82) is 0 Å². The molecule has 1 aliphatic carbocycles. The predicted octanol–water partition coefficient (Wildman–Crippen LogP) is 2.35. The number of rotatable bonds is 5. The average molecular weight is 261 g/mol. The Labute approximate surface area is 106 Å².